The Morgan fingerprint density at radius 2 is 1.88 bits per heavy atom. The summed E-state index contributed by atoms with van der Waals surface area (Å²) in [6.45, 7) is 5.90. The second-order valence-electron chi connectivity index (χ2n) is 9.37. The van der Waals surface area contributed by atoms with Gasteiger partial charge in [-0.15, -0.1) is 0 Å². The highest BCUT2D eigenvalue weighted by Gasteiger charge is 2.42. The van der Waals surface area contributed by atoms with Gasteiger partial charge in [0, 0.05) is 44.1 Å². The third-order valence-corrected chi connectivity index (χ3v) is 7.15. The standard InChI is InChI=1S/C27H32N4O2/c1-21-5-2-3-6-23(21)20-30-17-13-27(14-18-30)12-11-25(33-27)19-28-26(32)22-7-9-24(10-8-22)31-16-4-15-29-31/h2-10,15-16,25H,11-14,17-20H2,1H3,(H,28,32)/t25-/m1/s1. The Morgan fingerprint density at radius 3 is 2.61 bits per heavy atom. The highest BCUT2D eigenvalue weighted by Crippen LogP contribution is 2.39. The number of hydrogen-bond acceptors (Lipinski definition) is 4. The minimum absolute atomic E-state index is 0.0109. The molecule has 2 saturated heterocycles. The summed E-state index contributed by atoms with van der Waals surface area (Å²) in [5, 5.41) is 7.28. The summed E-state index contributed by atoms with van der Waals surface area (Å²) >= 11 is 0. The molecule has 2 fully saturated rings. The van der Waals surface area contributed by atoms with Crippen LogP contribution in [0.15, 0.2) is 67.0 Å². The average Bonchev–Trinajstić information content (AvgIpc) is 3.52. The third kappa shape index (κ3) is 5.02. The maximum Gasteiger partial charge on any atom is 0.251 e. The molecule has 2 aliphatic rings. The van der Waals surface area contributed by atoms with Gasteiger partial charge in [-0.1, -0.05) is 24.3 Å². The summed E-state index contributed by atoms with van der Waals surface area (Å²) in [6.07, 6.45) is 7.95. The molecule has 33 heavy (non-hydrogen) atoms. The van der Waals surface area contributed by atoms with Gasteiger partial charge < -0.3 is 10.1 Å². The first-order valence-electron chi connectivity index (χ1n) is 11.9. The highest BCUT2D eigenvalue weighted by atomic mass is 16.5. The topological polar surface area (TPSA) is 59.4 Å². The van der Waals surface area contributed by atoms with Gasteiger partial charge in [0.05, 0.1) is 17.4 Å². The molecule has 1 N–H and O–H groups in total. The fourth-order valence-electron chi connectivity index (χ4n) is 5.05. The van der Waals surface area contributed by atoms with Crippen molar-refractivity contribution in [1.82, 2.24) is 20.0 Å². The molecule has 1 spiro atoms. The van der Waals surface area contributed by atoms with E-state index >= 15 is 0 Å². The van der Waals surface area contributed by atoms with Crippen LogP contribution < -0.4 is 5.32 Å². The molecule has 0 aliphatic carbocycles. The lowest BCUT2D eigenvalue weighted by Crippen LogP contribution is -2.45. The smallest absolute Gasteiger partial charge is 0.251 e. The van der Waals surface area contributed by atoms with Gasteiger partial charge in [0.25, 0.3) is 5.91 Å². The zero-order chi connectivity index (χ0) is 22.7. The molecule has 5 rings (SSSR count). The van der Waals surface area contributed by atoms with Crippen LogP contribution in [-0.4, -0.2) is 51.9 Å². The maximum absolute atomic E-state index is 12.6. The van der Waals surface area contributed by atoms with Gasteiger partial charge in [-0.05, 0) is 74.1 Å². The van der Waals surface area contributed by atoms with Gasteiger partial charge >= 0.3 is 0 Å². The summed E-state index contributed by atoms with van der Waals surface area (Å²) in [6, 6.07) is 18.0. The van der Waals surface area contributed by atoms with Gasteiger partial charge in [-0.3, -0.25) is 9.69 Å². The number of aromatic nitrogens is 2. The number of amides is 1. The fraction of sp³-hybridized carbons (Fsp3) is 0.407. The molecule has 1 atom stereocenters. The van der Waals surface area contributed by atoms with Gasteiger partial charge in [0.1, 0.15) is 0 Å². The predicted molar refractivity (Wildman–Crippen MR) is 128 cm³/mol. The van der Waals surface area contributed by atoms with Crippen molar-refractivity contribution in [3.63, 3.8) is 0 Å². The van der Waals surface area contributed by atoms with Crippen LogP contribution in [-0.2, 0) is 11.3 Å². The Kier molecular flexibility index (Phi) is 6.29. The molecule has 3 heterocycles. The number of nitrogens with one attached hydrogen (secondary N) is 1. The Hall–Kier alpha value is -2.96. The van der Waals surface area contributed by atoms with Crippen molar-refractivity contribution in [3.8, 4) is 5.69 Å². The molecule has 1 aromatic heterocycles. The SMILES string of the molecule is Cc1ccccc1CN1CCC2(CC[C@H](CNC(=O)c3ccc(-n4cccn4)cc3)O2)CC1. The lowest BCUT2D eigenvalue weighted by Gasteiger charge is -2.39. The summed E-state index contributed by atoms with van der Waals surface area (Å²) < 4.78 is 8.29. The second kappa shape index (κ2) is 9.49. The first-order chi connectivity index (χ1) is 16.1. The number of nitrogens with zero attached hydrogens (tertiary/aromatic N) is 3. The Bertz CT molecular complexity index is 1070. The van der Waals surface area contributed by atoms with E-state index in [-0.39, 0.29) is 17.6 Å². The van der Waals surface area contributed by atoms with Crippen molar-refractivity contribution < 1.29 is 9.53 Å². The van der Waals surface area contributed by atoms with Crippen molar-refractivity contribution in [2.75, 3.05) is 19.6 Å². The number of ether oxygens (including phenoxy) is 1. The van der Waals surface area contributed by atoms with E-state index in [1.165, 1.54) is 11.1 Å². The van der Waals surface area contributed by atoms with E-state index in [9.17, 15) is 4.79 Å². The van der Waals surface area contributed by atoms with Crippen LogP contribution in [0.5, 0.6) is 0 Å². The molecule has 0 bridgehead atoms. The van der Waals surface area contributed by atoms with E-state index in [2.05, 4.69) is 46.5 Å². The van der Waals surface area contributed by atoms with Gasteiger partial charge in [-0.2, -0.15) is 5.10 Å². The van der Waals surface area contributed by atoms with Crippen LogP contribution in [0.1, 0.15) is 47.2 Å². The second-order valence-corrected chi connectivity index (χ2v) is 9.37. The Morgan fingerprint density at radius 1 is 1.09 bits per heavy atom. The minimum Gasteiger partial charge on any atom is -0.370 e. The summed E-state index contributed by atoms with van der Waals surface area (Å²) in [7, 11) is 0. The monoisotopic (exact) mass is 444 g/mol. The quantitative estimate of drug-likeness (QED) is 0.621. The molecule has 0 saturated carbocycles. The van der Waals surface area contributed by atoms with E-state index in [0.717, 1.165) is 51.0 Å². The predicted octanol–water partition coefficient (Wildman–Crippen LogP) is 4.12. The number of benzene rings is 2. The van der Waals surface area contributed by atoms with Crippen LogP contribution in [0, 0.1) is 6.92 Å². The van der Waals surface area contributed by atoms with E-state index in [0.29, 0.717) is 12.1 Å². The fourth-order valence-corrected chi connectivity index (χ4v) is 5.05. The molecule has 6 heteroatoms. The van der Waals surface area contributed by atoms with Crippen molar-refractivity contribution in [1.29, 1.82) is 0 Å². The summed E-state index contributed by atoms with van der Waals surface area (Å²) in [5.41, 5.74) is 4.36. The van der Waals surface area contributed by atoms with Crippen molar-refractivity contribution in [3.05, 3.63) is 83.7 Å². The van der Waals surface area contributed by atoms with E-state index in [1.807, 2.05) is 36.5 Å². The lowest BCUT2D eigenvalue weighted by atomic mass is 9.88. The third-order valence-electron chi connectivity index (χ3n) is 7.15. The van der Waals surface area contributed by atoms with Gasteiger partial charge in [0.2, 0.25) is 0 Å². The van der Waals surface area contributed by atoms with Crippen LogP contribution in [0.25, 0.3) is 5.69 Å². The lowest BCUT2D eigenvalue weighted by molar-refractivity contribution is -0.0764. The van der Waals surface area contributed by atoms with Gasteiger partial charge in [0.15, 0.2) is 0 Å². The first-order valence-corrected chi connectivity index (χ1v) is 11.9. The maximum atomic E-state index is 12.6. The van der Waals surface area contributed by atoms with Crippen LogP contribution in [0.4, 0.5) is 0 Å². The molecule has 1 amide bonds. The van der Waals surface area contributed by atoms with Crippen molar-refractivity contribution in [2.45, 2.75) is 50.9 Å². The summed E-state index contributed by atoms with van der Waals surface area (Å²) in [5.74, 6) is -0.0559. The molecule has 172 valence electrons. The van der Waals surface area contributed by atoms with E-state index < -0.39 is 0 Å². The van der Waals surface area contributed by atoms with Crippen molar-refractivity contribution in [2.24, 2.45) is 0 Å². The number of likely N-dealkylation sites (tertiary alicyclic amines) is 1. The molecular formula is C27H32N4O2. The zero-order valence-corrected chi connectivity index (χ0v) is 19.2. The molecule has 0 radical (unpaired) electrons. The van der Waals surface area contributed by atoms with E-state index in [4.69, 9.17) is 4.74 Å². The molecule has 6 nitrogen and oxygen atoms in total. The number of hydrogen-bond donors (Lipinski definition) is 1. The normalized spacial score (nSPS) is 20.2. The Labute approximate surface area is 195 Å². The van der Waals surface area contributed by atoms with Crippen LogP contribution in [0.2, 0.25) is 0 Å². The number of rotatable bonds is 6. The number of carbonyl (C=O) groups is 1. The van der Waals surface area contributed by atoms with Gasteiger partial charge in [-0.25, -0.2) is 4.68 Å². The summed E-state index contributed by atoms with van der Waals surface area (Å²) in [4.78, 5) is 15.2. The number of piperidine rings is 1. The number of carbonyl (C=O) groups excluding carboxylic acids is 1. The van der Waals surface area contributed by atoms with E-state index in [1.54, 1.807) is 10.9 Å². The molecule has 3 aromatic rings. The molecule has 2 aliphatic heterocycles. The van der Waals surface area contributed by atoms with Crippen LogP contribution >= 0.6 is 0 Å². The highest BCUT2D eigenvalue weighted by molar-refractivity contribution is 5.94. The minimum atomic E-state index is -0.0559. The first kappa shape index (κ1) is 21.9. The van der Waals surface area contributed by atoms with Crippen molar-refractivity contribution >= 4 is 5.91 Å². The average molecular weight is 445 g/mol. The Balaban J connectivity index is 1.09. The molecule has 2 aromatic carbocycles. The number of aryl methyl sites for hydroxylation is 1. The molecular weight excluding hydrogens is 412 g/mol. The van der Waals surface area contributed by atoms with Crippen LogP contribution in [0.3, 0.4) is 0 Å². The molecule has 0 unspecified atom stereocenters. The largest absolute Gasteiger partial charge is 0.370 e. The zero-order valence-electron chi connectivity index (χ0n) is 19.2.